The van der Waals surface area contributed by atoms with Crippen LogP contribution in [-0.4, -0.2) is 70.0 Å². The summed E-state index contributed by atoms with van der Waals surface area (Å²) in [5.41, 5.74) is 0. The van der Waals surface area contributed by atoms with Crippen molar-refractivity contribution in [3.05, 3.63) is 12.2 Å². The maximum absolute atomic E-state index is 12.5. The lowest BCUT2D eigenvalue weighted by Gasteiger charge is -2.28. The number of phosphoric ester groups is 1. The summed E-state index contributed by atoms with van der Waals surface area (Å²) < 4.78 is 33.5. The van der Waals surface area contributed by atoms with E-state index in [9.17, 15) is 19.0 Å². The number of hydrogen-bond acceptors (Lipinski definition) is 8. The number of hydrogen-bond donors (Lipinski definition) is 0. The van der Waals surface area contributed by atoms with Crippen molar-refractivity contribution in [2.24, 2.45) is 0 Å². The minimum Gasteiger partial charge on any atom is -0.756 e. The molecular formula is C34H66NO8P. The fourth-order valence-corrected chi connectivity index (χ4v) is 5.20. The van der Waals surface area contributed by atoms with Crippen LogP contribution in [-0.2, 0) is 32.7 Å². The normalized spacial score (nSPS) is 14.0. The van der Waals surface area contributed by atoms with Crippen molar-refractivity contribution in [3.8, 4) is 0 Å². The predicted molar refractivity (Wildman–Crippen MR) is 176 cm³/mol. The molecule has 9 nitrogen and oxygen atoms in total. The Morgan fingerprint density at radius 3 is 1.68 bits per heavy atom. The third-order valence-corrected chi connectivity index (χ3v) is 8.25. The molecule has 0 amide bonds. The second kappa shape index (κ2) is 28.0. The van der Waals surface area contributed by atoms with E-state index in [0.29, 0.717) is 17.4 Å². The van der Waals surface area contributed by atoms with Gasteiger partial charge in [-0.3, -0.25) is 14.2 Å². The molecule has 0 saturated carbocycles. The average Bonchev–Trinajstić information content (AvgIpc) is 2.95. The molecule has 0 aromatic rings. The van der Waals surface area contributed by atoms with Crippen molar-refractivity contribution in [1.29, 1.82) is 0 Å². The molecule has 0 aliphatic heterocycles. The number of likely N-dealkylation sites (N-methyl/N-ethyl adjacent to an activating group) is 1. The van der Waals surface area contributed by atoms with Gasteiger partial charge in [0.25, 0.3) is 7.82 Å². The fourth-order valence-electron chi connectivity index (χ4n) is 4.47. The van der Waals surface area contributed by atoms with Crippen molar-refractivity contribution in [3.63, 3.8) is 0 Å². The number of ether oxygens (including phenoxy) is 2. The van der Waals surface area contributed by atoms with E-state index in [4.69, 9.17) is 18.5 Å². The first-order valence-electron chi connectivity index (χ1n) is 17.4. The standard InChI is InChI=1S/C34H66NO8P/c1-6-8-10-12-13-14-15-16-17-18-19-20-21-23-25-27-34(37)43-32(30-40-33(36)26-24-22-11-9-7-2)31-42-44(38,39)41-29-28-35(3,4)5/h16-17,32H,6-15,18-31H2,1-5H3/b17-16-. The first-order valence-corrected chi connectivity index (χ1v) is 18.9. The summed E-state index contributed by atoms with van der Waals surface area (Å²) in [6, 6.07) is 0. The number of rotatable bonds is 31. The van der Waals surface area contributed by atoms with E-state index < -0.39 is 32.5 Å². The van der Waals surface area contributed by atoms with Crippen LogP contribution < -0.4 is 4.89 Å². The highest BCUT2D eigenvalue weighted by atomic mass is 31.2. The van der Waals surface area contributed by atoms with Gasteiger partial charge in [0.05, 0.1) is 27.7 Å². The molecule has 0 aromatic heterocycles. The molecule has 2 atom stereocenters. The Hall–Kier alpha value is -1.25. The Balaban J connectivity index is 4.38. The zero-order valence-corrected chi connectivity index (χ0v) is 29.8. The third-order valence-electron chi connectivity index (χ3n) is 7.29. The topological polar surface area (TPSA) is 111 Å². The lowest BCUT2D eigenvalue weighted by molar-refractivity contribution is -0.870. The van der Waals surface area contributed by atoms with Gasteiger partial charge in [0, 0.05) is 12.8 Å². The van der Waals surface area contributed by atoms with E-state index >= 15 is 0 Å². The molecule has 0 fully saturated rings. The smallest absolute Gasteiger partial charge is 0.306 e. The van der Waals surface area contributed by atoms with Gasteiger partial charge in [0.2, 0.25) is 0 Å². The molecule has 0 aromatic carbocycles. The van der Waals surface area contributed by atoms with Gasteiger partial charge in [0.1, 0.15) is 19.8 Å². The van der Waals surface area contributed by atoms with Gasteiger partial charge in [-0.05, 0) is 38.5 Å². The number of carbonyl (C=O) groups is 2. The van der Waals surface area contributed by atoms with Gasteiger partial charge in [-0.25, -0.2) is 0 Å². The molecule has 0 aliphatic rings. The minimum absolute atomic E-state index is 0.0305. The van der Waals surface area contributed by atoms with Crippen LogP contribution in [0.5, 0.6) is 0 Å². The van der Waals surface area contributed by atoms with Crippen LogP contribution in [0.25, 0.3) is 0 Å². The molecule has 260 valence electrons. The Bertz CT molecular complexity index is 784. The molecule has 0 rings (SSSR count). The van der Waals surface area contributed by atoms with Gasteiger partial charge in [-0.2, -0.15) is 0 Å². The second-order valence-electron chi connectivity index (χ2n) is 12.9. The number of phosphoric acid groups is 1. The molecule has 0 spiro atoms. The molecule has 2 unspecified atom stereocenters. The minimum atomic E-state index is -4.60. The van der Waals surface area contributed by atoms with Gasteiger partial charge in [-0.1, -0.05) is 103 Å². The SMILES string of the molecule is CCCCCCCC/C=C\CCCCCCCC(=O)OC(COC(=O)CCCCCCC)COP(=O)([O-])OCC[N+](C)(C)C. The zero-order chi connectivity index (χ0) is 32.9. The second-order valence-corrected chi connectivity index (χ2v) is 14.3. The molecule has 0 saturated heterocycles. The summed E-state index contributed by atoms with van der Waals surface area (Å²) in [6.07, 6.45) is 24.2. The number of carbonyl (C=O) groups excluding carboxylic acids is 2. The number of quaternary nitrogens is 1. The lowest BCUT2D eigenvalue weighted by Crippen LogP contribution is -2.37. The molecule has 0 bridgehead atoms. The number of nitrogens with zero attached hydrogens (tertiary/aromatic N) is 1. The molecular weight excluding hydrogens is 581 g/mol. The van der Waals surface area contributed by atoms with Gasteiger partial charge >= 0.3 is 11.9 Å². The van der Waals surface area contributed by atoms with Crippen LogP contribution in [0.15, 0.2) is 12.2 Å². The summed E-state index contributed by atoms with van der Waals surface area (Å²) in [6.45, 7) is 4.09. The highest BCUT2D eigenvalue weighted by Crippen LogP contribution is 2.38. The van der Waals surface area contributed by atoms with Gasteiger partial charge in [-0.15, -0.1) is 0 Å². The first-order chi connectivity index (χ1) is 21.0. The summed E-state index contributed by atoms with van der Waals surface area (Å²) in [7, 11) is 1.16. The largest absolute Gasteiger partial charge is 0.756 e. The van der Waals surface area contributed by atoms with E-state index in [1.54, 1.807) is 0 Å². The predicted octanol–water partition coefficient (Wildman–Crippen LogP) is 8.05. The van der Waals surface area contributed by atoms with E-state index in [2.05, 4.69) is 26.0 Å². The molecule has 10 heteroatoms. The Morgan fingerprint density at radius 2 is 1.16 bits per heavy atom. The highest BCUT2D eigenvalue weighted by Gasteiger charge is 2.21. The Morgan fingerprint density at radius 1 is 0.682 bits per heavy atom. The van der Waals surface area contributed by atoms with Crippen LogP contribution in [0.1, 0.15) is 142 Å². The van der Waals surface area contributed by atoms with Gasteiger partial charge in [0.15, 0.2) is 6.10 Å². The number of esters is 2. The Kier molecular flexibility index (Phi) is 27.2. The number of unbranched alkanes of at least 4 members (excludes halogenated alkanes) is 15. The highest BCUT2D eigenvalue weighted by molar-refractivity contribution is 7.45. The monoisotopic (exact) mass is 647 g/mol. The average molecular weight is 648 g/mol. The molecule has 0 radical (unpaired) electrons. The van der Waals surface area contributed by atoms with Crippen molar-refractivity contribution < 1.29 is 42.1 Å². The van der Waals surface area contributed by atoms with Gasteiger partial charge < -0.3 is 27.9 Å². The fraction of sp³-hybridized carbons (Fsp3) is 0.882. The summed E-state index contributed by atoms with van der Waals surface area (Å²) >= 11 is 0. The van der Waals surface area contributed by atoms with Crippen LogP contribution in [0, 0.1) is 0 Å². The van der Waals surface area contributed by atoms with Crippen molar-refractivity contribution >= 4 is 19.8 Å². The zero-order valence-electron chi connectivity index (χ0n) is 28.9. The van der Waals surface area contributed by atoms with E-state index in [-0.39, 0.29) is 26.1 Å². The van der Waals surface area contributed by atoms with Crippen LogP contribution >= 0.6 is 7.82 Å². The van der Waals surface area contributed by atoms with Crippen molar-refractivity contribution in [1.82, 2.24) is 0 Å². The number of allylic oxidation sites excluding steroid dienone is 2. The lowest BCUT2D eigenvalue weighted by atomic mass is 10.1. The molecule has 0 aliphatic carbocycles. The maximum atomic E-state index is 12.5. The summed E-state index contributed by atoms with van der Waals surface area (Å²) in [4.78, 5) is 36.9. The quantitative estimate of drug-likeness (QED) is 0.0244. The molecule has 0 heterocycles. The van der Waals surface area contributed by atoms with E-state index in [0.717, 1.165) is 64.2 Å². The third kappa shape index (κ3) is 30.8. The maximum Gasteiger partial charge on any atom is 0.306 e. The van der Waals surface area contributed by atoms with E-state index in [1.165, 1.54) is 44.9 Å². The summed E-state index contributed by atoms with van der Waals surface area (Å²) in [5.74, 6) is -0.858. The van der Waals surface area contributed by atoms with Crippen LogP contribution in [0.2, 0.25) is 0 Å². The van der Waals surface area contributed by atoms with Crippen LogP contribution in [0.3, 0.4) is 0 Å². The first kappa shape index (κ1) is 42.8. The van der Waals surface area contributed by atoms with E-state index in [1.807, 2.05) is 21.1 Å². The molecule has 44 heavy (non-hydrogen) atoms. The van der Waals surface area contributed by atoms with Crippen LogP contribution in [0.4, 0.5) is 0 Å². The summed E-state index contributed by atoms with van der Waals surface area (Å²) in [5, 5.41) is 0. The molecule has 0 N–H and O–H groups in total. The van der Waals surface area contributed by atoms with Crippen molar-refractivity contribution in [2.75, 3.05) is 47.5 Å². The van der Waals surface area contributed by atoms with Crippen molar-refractivity contribution in [2.45, 2.75) is 148 Å². The Labute approximate surface area is 269 Å².